The Bertz CT molecular complexity index is 828. The van der Waals surface area contributed by atoms with Gasteiger partial charge < -0.3 is 14.6 Å². The average Bonchev–Trinajstić information content (AvgIpc) is 3.25. The van der Waals surface area contributed by atoms with Crippen LogP contribution in [0.3, 0.4) is 0 Å². The van der Waals surface area contributed by atoms with Crippen molar-refractivity contribution in [3.63, 3.8) is 0 Å². The van der Waals surface area contributed by atoms with Crippen LogP contribution in [0.1, 0.15) is 40.0 Å². The molecule has 3 rings (SSSR count). The fraction of sp³-hybridized carbons (Fsp3) is 0.353. The van der Waals surface area contributed by atoms with Crippen LogP contribution in [-0.4, -0.2) is 28.6 Å². The lowest BCUT2D eigenvalue weighted by Gasteiger charge is -2.07. The molecule has 1 aliphatic rings. The highest BCUT2D eigenvalue weighted by Gasteiger charge is 2.21. The molecule has 0 saturated carbocycles. The lowest BCUT2D eigenvalue weighted by molar-refractivity contribution is 0.0958. The van der Waals surface area contributed by atoms with Gasteiger partial charge in [0.15, 0.2) is 0 Å². The smallest absolute Gasteiger partial charge is 0.253 e. The van der Waals surface area contributed by atoms with Gasteiger partial charge in [-0.2, -0.15) is 0 Å². The molecule has 1 aliphatic heterocycles. The maximum absolute atomic E-state index is 12.0. The van der Waals surface area contributed by atoms with E-state index in [4.69, 9.17) is 11.2 Å². The number of hydrogen-bond donors (Lipinski definition) is 1. The first-order valence-electron chi connectivity index (χ1n) is 7.65. The minimum Gasteiger partial charge on any atom is -0.371 e. The molecule has 2 aromatic rings. The van der Waals surface area contributed by atoms with E-state index in [9.17, 15) is 9.59 Å². The topological polar surface area (TPSA) is 73.2 Å². The van der Waals surface area contributed by atoms with E-state index < -0.39 is 0 Å². The van der Waals surface area contributed by atoms with Gasteiger partial charge in [-0.25, -0.2) is 4.98 Å². The fourth-order valence-electron chi connectivity index (χ4n) is 2.51. The Morgan fingerprint density at radius 3 is 3.17 bits per heavy atom. The summed E-state index contributed by atoms with van der Waals surface area (Å²) in [4.78, 5) is 28.5. The molecule has 2 aromatic heterocycles. The summed E-state index contributed by atoms with van der Waals surface area (Å²) >= 11 is 1.54. The second kappa shape index (κ2) is 7.43. The summed E-state index contributed by atoms with van der Waals surface area (Å²) < 4.78 is 7.10. The van der Waals surface area contributed by atoms with E-state index in [0.29, 0.717) is 12.1 Å². The van der Waals surface area contributed by atoms with Gasteiger partial charge in [0, 0.05) is 24.3 Å². The van der Waals surface area contributed by atoms with Gasteiger partial charge in [0.05, 0.1) is 24.3 Å². The van der Waals surface area contributed by atoms with Gasteiger partial charge in [0.2, 0.25) is 0 Å². The number of nitrogens with zero attached hydrogens (tertiary/aromatic N) is 2. The second-order valence-electron chi connectivity index (χ2n) is 5.45. The van der Waals surface area contributed by atoms with E-state index >= 15 is 0 Å². The van der Waals surface area contributed by atoms with E-state index in [1.165, 1.54) is 22.9 Å². The molecule has 1 atom stereocenters. The molecule has 1 fully saturated rings. The van der Waals surface area contributed by atoms with Gasteiger partial charge in [-0.1, -0.05) is 5.92 Å². The third-order valence-electron chi connectivity index (χ3n) is 3.70. The Balaban J connectivity index is 1.76. The van der Waals surface area contributed by atoms with Crippen LogP contribution < -0.4 is 10.9 Å². The maximum atomic E-state index is 12.0. The monoisotopic (exact) mass is 343 g/mol. The molecule has 1 N–H and O–H groups in total. The lowest BCUT2D eigenvalue weighted by Crippen LogP contribution is -2.27. The van der Waals surface area contributed by atoms with Crippen molar-refractivity contribution in [2.45, 2.75) is 25.5 Å². The number of ether oxygens (including phenoxy) is 1. The zero-order valence-electron chi connectivity index (χ0n) is 13.0. The van der Waals surface area contributed by atoms with Crippen LogP contribution in [0.2, 0.25) is 0 Å². The van der Waals surface area contributed by atoms with E-state index in [1.807, 2.05) is 5.38 Å². The van der Waals surface area contributed by atoms with Gasteiger partial charge in [-0.3, -0.25) is 9.59 Å². The standard InChI is InChI=1S/C17H17N3O3S/c1-2-7-18-16(22)12-5-6-15(21)20(9-12)10-13-11-24-17(19-13)14-4-3-8-23-14/h1,5-6,9,11,14H,3-4,7-8,10H2,(H,18,22)/t14-/m0/s1. The molecular weight excluding hydrogens is 326 g/mol. The second-order valence-corrected chi connectivity index (χ2v) is 6.34. The Hall–Kier alpha value is -2.43. The third-order valence-corrected chi connectivity index (χ3v) is 4.69. The number of rotatable bonds is 5. The number of carbonyl (C=O) groups excluding carboxylic acids is 1. The van der Waals surface area contributed by atoms with E-state index in [0.717, 1.165) is 30.2 Å². The van der Waals surface area contributed by atoms with Gasteiger partial charge in [-0.15, -0.1) is 17.8 Å². The molecule has 124 valence electrons. The molecule has 7 heteroatoms. The number of thiazole rings is 1. The van der Waals surface area contributed by atoms with Crippen molar-refractivity contribution in [2.75, 3.05) is 13.2 Å². The van der Waals surface area contributed by atoms with E-state index in [1.54, 1.807) is 11.3 Å². The molecule has 6 nitrogen and oxygen atoms in total. The van der Waals surface area contributed by atoms with Gasteiger partial charge in [0.25, 0.3) is 11.5 Å². The Morgan fingerprint density at radius 2 is 2.42 bits per heavy atom. The number of amides is 1. The molecule has 0 radical (unpaired) electrons. The van der Waals surface area contributed by atoms with Crippen molar-refractivity contribution in [1.82, 2.24) is 14.9 Å². The highest BCUT2D eigenvalue weighted by Crippen LogP contribution is 2.30. The minimum atomic E-state index is -0.306. The first-order valence-corrected chi connectivity index (χ1v) is 8.53. The van der Waals surface area contributed by atoms with Gasteiger partial charge in [0.1, 0.15) is 11.1 Å². The molecule has 0 aromatic carbocycles. The normalized spacial score (nSPS) is 16.7. The summed E-state index contributed by atoms with van der Waals surface area (Å²) in [5.41, 5.74) is 0.989. The number of pyridine rings is 1. The van der Waals surface area contributed by atoms with Crippen molar-refractivity contribution in [1.29, 1.82) is 0 Å². The zero-order valence-corrected chi connectivity index (χ0v) is 13.8. The zero-order chi connectivity index (χ0) is 16.9. The summed E-state index contributed by atoms with van der Waals surface area (Å²) in [6, 6.07) is 2.86. The van der Waals surface area contributed by atoms with Crippen LogP contribution in [0.5, 0.6) is 0 Å². The number of nitrogens with one attached hydrogen (secondary N) is 1. The lowest BCUT2D eigenvalue weighted by atomic mass is 10.2. The third kappa shape index (κ3) is 3.72. The first kappa shape index (κ1) is 16.4. The van der Waals surface area contributed by atoms with Crippen molar-refractivity contribution in [2.24, 2.45) is 0 Å². The quantitative estimate of drug-likeness (QED) is 0.837. The number of carbonyl (C=O) groups is 1. The Kier molecular flexibility index (Phi) is 5.08. The minimum absolute atomic E-state index is 0.0707. The van der Waals surface area contributed by atoms with Gasteiger partial charge >= 0.3 is 0 Å². The SMILES string of the molecule is C#CCNC(=O)c1ccc(=O)n(Cc2csc([C@@H]3CCCO3)n2)c1. The van der Waals surface area contributed by atoms with Crippen LogP contribution in [0.25, 0.3) is 0 Å². The Labute approximate surface area is 143 Å². The summed E-state index contributed by atoms with van der Waals surface area (Å²) in [6.45, 7) is 1.24. The molecule has 24 heavy (non-hydrogen) atoms. The molecule has 0 spiro atoms. The summed E-state index contributed by atoms with van der Waals surface area (Å²) in [6.07, 6.45) is 8.76. The number of terminal acetylenes is 1. The van der Waals surface area contributed by atoms with Crippen LogP contribution in [0, 0.1) is 12.3 Å². The van der Waals surface area contributed by atoms with Crippen LogP contribution in [0.4, 0.5) is 0 Å². The van der Waals surface area contributed by atoms with Crippen molar-refractivity contribution < 1.29 is 9.53 Å². The van der Waals surface area contributed by atoms with Crippen molar-refractivity contribution >= 4 is 17.2 Å². The highest BCUT2D eigenvalue weighted by atomic mass is 32.1. The summed E-state index contributed by atoms with van der Waals surface area (Å²) in [7, 11) is 0. The molecule has 0 unspecified atom stereocenters. The maximum Gasteiger partial charge on any atom is 0.253 e. The predicted octanol–water partition coefficient (Wildman–Crippen LogP) is 1.57. The van der Waals surface area contributed by atoms with Crippen LogP contribution >= 0.6 is 11.3 Å². The number of aromatic nitrogens is 2. The summed E-state index contributed by atoms with van der Waals surface area (Å²) in [5, 5.41) is 5.45. The average molecular weight is 343 g/mol. The predicted molar refractivity (Wildman–Crippen MR) is 91.0 cm³/mol. The fourth-order valence-corrected chi connectivity index (χ4v) is 3.40. The van der Waals surface area contributed by atoms with E-state index in [2.05, 4.69) is 16.2 Å². The molecule has 0 bridgehead atoms. The molecule has 1 saturated heterocycles. The molecule has 0 aliphatic carbocycles. The first-order chi connectivity index (χ1) is 11.7. The Morgan fingerprint density at radius 1 is 1.54 bits per heavy atom. The summed E-state index contributed by atoms with van der Waals surface area (Å²) in [5.74, 6) is 2.04. The van der Waals surface area contributed by atoms with Crippen LogP contribution in [-0.2, 0) is 11.3 Å². The number of hydrogen-bond acceptors (Lipinski definition) is 5. The highest BCUT2D eigenvalue weighted by molar-refractivity contribution is 7.09. The molecule has 1 amide bonds. The van der Waals surface area contributed by atoms with Crippen molar-refractivity contribution in [3.8, 4) is 12.3 Å². The van der Waals surface area contributed by atoms with E-state index in [-0.39, 0.29) is 24.1 Å². The van der Waals surface area contributed by atoms with Crippen molar-refractivity contribution in [3.05, 3.63) is 50.3 Å². The van der Waals surface area contributed by atoms with Crippen LogP contribution in [0.15, 0.2) is 28.5 Å². The largest absolute Gasteiger partial charge is 0.371 e. The van der Waals surface area contributed by atoms with Gasteiger partial charge in [-0.05, 0) is 18.9 Å². The molecular formula is C17H17N3O3S. The molecule has 3 heterocycles.